The molecule has 7 heteroatoms. The molecule has 1 unspecified atom stereocenters. The van der Waals surface area contributed by atoms with Crippen LogP contribution in [-0.4, -0.2) is 41.9 Å². The number of rotatable bonds is 9. The average Bonchev–Trinajstić information content (AvgIpc) is 3.04. The number of carboxylic acid groups (broad SMARTS) is 1. The summed E-state index contributed by atoms with van der Waals surface area (Å²) in [4.78, 5) is 23.9. The molecule has 3 N–H and O–H groups in total. The average molecular weight is 461 g/mol. The lowest BCUT2D eigenvalue weighted by Gasteiger charge is -2.21. The molecule has 0 heterocycles. The van der Waals surface area contributed by atoms with Crippen molar-refractivity contribution in [3.63, 3.8) is 0 Å². The molecular formula is C25H33ClN2O4. The van der Waals surface area contributed by atoms with E-state index >= 15 is 0 Å². The van der Waals surface area contributed by atoms with E-state index in [0.717, 1.165) is 35.2 Å². The van der Waals surface area contributed by atoms with Crippen LogP contribution in [0, 0.1) is 0 Å². The maximum atomic E-state index is 12.3. The molecule has 0 aromatic heterocycles. The highest BCUT2D eigenvalue weighted by Crippen LogP contribution is 2.44. The number of carbonyl (C=O) groups excluding carboxylic acids is 1. The number of unbranched alkanes of at least 4 members (excludes halogenated alkanes) is 1. The van der Waals surface area contributed by atoms with Gasteiger partial charge in [0.05, 0.1) is 0 Å². The number of hydrogen-bond acceptors (Lipinski definition) is 4. The number of fused-ring (bicyclic) bond motifs is 3. The SMILES string of the molecule is CC(C)(C)NCCCCC(NC(=O)OCC1c2ccccc2-c2ccccc21)C(=O)O.Cl. The molecule has 0 aliphatic heterocycles. The van der Waals surface area contributed by atoms with Crippen molar-refractivity contribution in [2.24, 2.45) is 0 Å². The molecule has 0 fully saturated rings. The van der Waals surface area contributed by atoms with Gasteiger partial charge < -0.3 is 20.5 Å². The van der Waals surface area contributed by atoms with Gasteiger partial charge in [-0.3, -0.25) is 0 Å². The van der Waals surface area contributed by atoms with Gasteiger partial charge in [-0.2, -0.15) is 0 Å². The first-order chi connectivity index (χ1) is 14.8. The van der Waals surface area contributed by atoms with Crippen molar-refractivity contribution in [1.82, 2.24) is 10.6 Å². The fourth-order valence-corrected chi connectivity index (χ4v) is 3.98. The highest BCUT2D eigenvalue weighted by Gasteiger charge is 2.29. The molecule has 0 saturated heterocycles. The third-order valence-corrected chi connectivity index (χ3v) is 5.51. The Kier molecular flexibility index (Phi) is 9.10. The minimum absolute atomic E-state index is 0. The fourth-order valence-electron chi connectivity index (χ4n) is 3.98. The highest BCUT2D eigenvalue weighted by molar-refractivity contribution is 5.85. The second kappa shape index (κ2) is 11.3. The molecule has 32 heavy (non-hydrogen) atoms. The van der Waals surface area contributed by atoms with Crippen molar-refractivity contribution < 1.29 is 19.4 Å². The topological polar surface area (TPSA) is 87.7 Å². The summed E-state index contributed by atoms with van der Waals surface area (Å²) in [6.45, 7) is 7.24. The number of alkyl carbamates (subject to hydrolysis) is 1. The Labute approximate surface area is 196 Å². The Balaban J connectivity index is 0.00000363. The van der Waals surface area contributed by atoms with E-state index in [-0.39, 0.29) is 30.5 Å². The Bertz CT molecular complexity index is 881. The van der Waals surface area contributed by atoms with E-state index in [1.54, 1.807) is 0 Å². The summed E-state index contributed by atoms with van der Waals surface area (Å²) in [6.07, 6.45) is 1.21. The van der Waals surface area contributed by atoms with Gasteiger partial charge in [-0.25, -0.2) is 9.59 Å². The normalized spacial score (nSPS) is 13.5. The molecule has 3 rings (SSSR count). The summed E-state index contributed by atoms with van der Waals surface area (Å²) >= 11 is 0. The first-order valence-electron chi connectivity index (χ1n) is 10.9. The summed E-state index contributed by atoms with van der Waals surface area (Å²) in [5.74, 6) is -1.10. The van der Waals surface area contributed by atoms with Gasteiger partial charge in [-0.05, 0) is 68.8 Å². The van der Waals surface area contributed by atoms with E-state index in [1.165, 1.54) is 0 Å². The number of carboxylic acids is 1. The molecule has 6 nitrogen and oxygen atoms in total. The number of ether oxygens (including phenoxy) is 1. The number of benzene rings is 2. The fraction of sp³-hybridized carbons (Fsp3) is 0.440. The Morgan fingerprint density at radius 3 is 2.09 bits per heavy atom. The van der Waals surface area contributed by atoms with Gasteiger partial charge in [0.15, 0.2) is 0 Å². The van der Waals surface area contributed by atoms with E-state index in [4.69, 9.17) is 4.74 Å². The van der Waals surface area contributed by atoms with Crippen molar-refractivity contribution in [2.45, 2.75) is 57.5 Å². The predicted octanol–water partition coefficient (Wildman–Crippen LogP) is 4.96. The molecule has 1 aliphatic rings. The van der Waals surface area contributed by atoms with Crippen LogP contribution in [-0.2, 0) is 9.53 Å². The zero-order valence-electron chi connectivity index (χ0n) is 18.9. The Morgan fingerprint density at radius 1 is 1.00 bits per heavy atom. The smallest absolute Gasteiger partial charge is 0.407 e. The minimum atomic E-state index is -1.04. The summed E-state index contributed by atoms with van der Waals surface area (Å²) in [6, 6.07) is 15.2. The number of carbonyl (C=O) groups is 2. The number of amides is 1. The van der Waals surface area contributed by atoms with Gasteiger partial charge in [0, 0.05) is 11.5 Å². The van der Waals surface area contributed by atoms with Gasteiger partial charge in [0.25, 0.3) is 0 Å². The van der Waals surface area contributed by atoms with Crippen molar-refractivity contribution >= 4 is 24.5 Å². The van der Waals surface area contributed by atoms with Crippen LogP contribution in [0.2, 0.25) is 0 Å². The lowest BCUT2D eigenvalue weighted by atomic mass is 9.98. The molecule has 1 amide bonds. The van der Waals surface area contributed by atoms with Crippen LogP contribution >= 0.6 is 12.4 Å². The summed E-state index contributed by atoms with van der Waals surface area (Å²) in [5, 5.41) is 15.4. The van der Waals surface area contributed by atoms with Crippen LogP contribution in [0.25, 0.3) is 11.1 Å². The number of hydrogen-bond donors (Lipinski definition) is 3. The van der Waals surface area contributed by atoms with Crippen LogP contribution in [0.1, 0.15) is 57.1 Å². The van der Waals surface area contributed by atoms with Crippen LogP contribution in [0.3, 0.4) is 0 Å². The monoisotopic (exact) mass is 460 g/mol. The van der Waals surface area contributed by atoms with Gasteiger partial charge >= 0.3 is 12.1 Å². The van der Waals surface area contributed by atoms with Crippen molar-refractivity contribution in [1.29, 1.82) is 0 Å². The molecular weight excluding hydrogens is 428 g/mol. The molecule has 174 valence electrons. The Morgan fingerprint density at radius 2 is 1.56 bits per heavy atom. The second-order valence-electron chi connectivity index (χ2n) is 9.03. The van der Waals surface area contributed by atoms with E-state index in [1.807, 2.05) is 36.4 Å². The van der Waals surface area contributed by atoms with Gasteiger partial charge in [0.2, 0.25) is 0 Å². The molecule has 2 aromatic rings. The largest absolute Gasteiger partial charge is 0.480 e. The molecule has 0 spiro atoms. The third kappa shape index (κ3) is 6.71. The zero-order valence-corrected chi connectivity index (χ0v) is 19.7. The summed E-state index contributed by atoms with van der Waals surface area (Å²) < 4.78 is 5.47. The highest BCUT2D eigenvalue weighted by atomic mass is 35.5. The minimum Gasteiger partial charge on any atom is -0.480 e. The third-order valence-electron chi connectivity index (χ3n) is 5.51. The van der Waals surface area contributed by atoms with Crippen LogP contribution in [0.15, 0.2) is 48.5 Å². The van der Waals surface area contributed by atoms with Crippen molar-refractivity contribution in [3.8, 4) is 11.1 Å². The van der Waals surface area contributed by atoms with Crippen molar-refractivity contribution in [3.05, 3.63) is 59.7 Å². The van der Waals surface area contributed by atoms with Gasteiger partial charge in [-0.1, -0.05) is 48.5 Å². The maximum Gasteiger partial charge on any atom is 0.407 e. The number of aliphatic carboxylic acids is 1. The summed E-state index contributed by atoms with van der Waals surface area (Å²) in [7, 11) is 0. The van der Waals surface area contributed by atoms with Crippen LogP contribution in [0.4, 0.5) is 4.79 Å². The maximum absolute atomic E-state index is 12.3. The first-order valence-corrected chi connectivity index (χ1v) is 10.9. The summed E-state index contributed by atoms with van der Waals surface area (Å²) in [5.41, 5.74) is 4.58. The molecule has 1 aliphatic carbocycles. The first kappa shape index (κ1) is 25.7. The standard InChI is InChI=1S/C25H32N2O4.ClH/c1-25(2,3)26-15-9-8-14-22(23(28)29)27-24(30)31-16-21-19-12-6-4-10-17(19)18-11-5-7-13-20(18)21;/h4-7,10-13,21-22,26H,8-9,14-16H2,1-3H3,(H,27,30)(H,28,29);1H. The molecule has 0 bridgehead atoms. The molecule has 0 saturated carbocycles. The van der Waals surface area contributed by atoms with E-state index in [2.05, 4.69) is 43.5 Å². The predicted molar refractivity (Wildman–Crippen MR) is 128 cm³/mol. The molecule has 0 radical (unpaired) electrons. The lowest BCUT2D eigenvalue weighted by Crippen LogP contribution is -2.41. The number of nitrogens with one attached hydrogen (secondary N) is 2. The lowest BCUT2D eigenvalue weighted by molar-refractivity contribution is -0.139. The Hall–Kier alpha value is -2.57. The zero-order chi connectivity index (χ0) is 22.4. The van der Waals surface area contributed by atoms with Crippen molar-refractivity contribution in [2.75, 3.05) is 13.2 Å². The molecule has 1 atom stereocenters. The quantitative estimate of drug-likeness (QED) is 0.460. The van der Waals surface area contributed by atoms with E-state index in [9.17, 15) is 14.7 Å². The number of halogens is 1. The van der Waals surface area contributed by atoms with Gasteiger partial charge in [-0.15, -0.1) is 12.4 Å². The second-order valence-corrected chi connectivity index (χ2v) is 9.03. The van der Waals surface area contributed by atoms with Gasteiger partial charge in [0.1, 0.15) is 12.6 Å². The van der Waals surface area contributed by atoms with Crippen LogP contribution < -0.4 is 10.6 Å². The molecule has 2 aromatic carbocycles. The van der Waals surface area contributed by atoms with E-state index in [0.29, 0.717) is 12.8 Å². The van der Waals surface area contributed by atoms with Crippen LogP contribution in [0.5, 0.6) is 0 Å². The van der Waals surface area contributed by atoms with E-state index < -0.39 is 18.1 Å².